The summed E-state index contributed by atoms with van der Waals surface area (Å²) in [6, 6.07) is 10.1. The van der Waals surface area contributed by atoms with E-state index in [1.54, 1.807) is 17.0 Å². The highest BCUT2D eigenvalue weighted by molar-refractivity contribution is 7.89. The first-order valence-corrected chi connectivity index (χ1v) is 12.5. The maximum absolute atomic E-state index is 13.0. The van der Waals surface area contributed by atoms with E-state index in [1.807, 2.05) is 12.1 Å². The van der Waals surface area contributed by atoms with E-state index in [9.17, 15) is 18.0 Å². The summed E-state index contributed by atoms with van der Waals surface area (Å²) >= 11 is 12.2. The molecule has 2 aliphatic rings. The van der Waals surface area contributed by atoms with Crippen LogP contribution in [0.3, 0.4) is 0 Å². The third-order valence-corrected chi connectivity index (χ3v) is 8.82. The minimum absolute atomic E-state index is 0.000301. The number of piperidine rings is 1. The van der Waals surface area contributed by atoms with Crippen LogP contribution in [0.15, 0.2) is 41.3 Å². The molecule has 1 N–H and O–H groups in total. The number of carbonyl (C=O) groups excluding carboxylic acids is 2. The monoisotopic (exact) mass is 495 g/mol. The zero-order chi connectivity index (χ0) is 23.0. The highest BCUT2D eigenvalue weighted by Gasteiger charge is 2.34. The fourth-order valence-electron chi connectivity index (χ4n) is 4.27. The normalized spacial score (nSPS) is 17.3. The quantitative estimate of drug-likeness (QED) is 0.695. The van der Waals surface area contributed by atoms with Crippen LogP contribution in [-0.2, 0) is 26.0 Å². The molecule has 2 heterocycles. The minimum Gasteiger partial charge on any atom is -0.326 e. The molecule has 0 saturated carbocycles. The van der Waals surface area contributed by atoms with Crippen molar-refractivity contribution in [3.63, 3.8) is 0 Å². The summed E-state index contributed by atoms with van der Waals surface area (Å²) in [7, 11) is -3.84. The van der Waals surface area contributed by atoms with Crippen LogP contribution in [0.1, 0.15) is 25.3 Å². The Morgan fingerprint density at radius 3 is 2.31 bits per heavy atom. The van der Waals surface area contributed by atoms with Gasteiger partial charge in [0.1, 0.15) is 4.90 Å². The number of amides is 2. The molecule has 32 heavy (non-hydrogen) atoms. The second-order valence-electron chi connectivity index (χ2n) is 7.98. The van der Waals surface area contributed by atoms with Crippen molar-refractivity contribution in [1.82, 2.24) is 4.31 Å². The Labute approximate surface area is 197 Å². The van der Waals surface area contributed by atoms with Crippen LogP contribution in [0.5, 0.6) is 0 Å². The molecule has 0 spiro atoms. The van der Waals surface area contributed by atoms with Gasteiger partial charge in [-0.05, 0) is 55.2 Å². The van der Waals surface area contributed by atoms with Gasteiger partial charge in [0.2, 0.25) is 21.8 Å². The molecular weight excluding hydrogens is 473 g/mol. The highest BCUT2D eigenvalue weighted by Crippen LogP contribution is 2.34. The fraction of sp³-hybridized carbons (Fsp3) is 0.364. The molecule has 4 rings (SSSR count). The summed E-state index contributed by atoms with van der Waals surface area (Å²) < 4.78 is 27.3. The minimum atomic E-state index is -3.84. The second kappa shape index (κ2) is 9.02. The Balaban J connectivity index is 1.40. The molecule has 2 amide bonds. The van der Waals surface area contributed by atoms with Gasteiger partial charge < -0.3 is 10.2 Å². The number of fused-ring (bicyclic) bond motifs is 1. The predicted molar refractivity (Wildman–Crippen MR) is 125 cm³/mol. The summed E-state index contributed by atoms with van der Waals surface area (Å²) in [5, 5.41) is 3.10. The molecular formula is C22H23Cl2N3O4S. The number of carbonyl (C=O) groups is 2. The van der Waals surface area contributed by atoms with Gasteiger partial charge in [0.05, 0.1) is 10.0 Å². The topological polar surface area (TPSA) is 86.8 Å². The van der Waals surface area contributed by atoms with E-state index in [0.29, 0.717) is 25.1 Å². The fourth-order valence-corrected chi connectivity index (χ4v) is 6.83. The highest BCUT2D eigenvalue weighted by atomic mass is 35.5. The van der Waals surface area contributed by atoms with Gasteiger partial charge >= 0.3 is 0 Å². The average Bonchev–Trinajstić information content (AvgIpc) is 3.17. The number of anilines is 2. The van der Waals surface area contributed by atoms with E-state index < -0.39 is 10.0 Å². The maximum atomic E-state index is 13.0. The van der Waals surface area contributed by atoms with Crippen LogP contribution >= 0.6 is 23.2 Å². The molecule has 0 unspecified atom stereocenters. The van der Waals surface area contributed by atoms with E-state index in [-0.39, 0.29) is 45.8 Å². The number of hydrogen-bond acceptors (Lipinski definition) is 4. The summed E-state index contributed by atoms with van der Waals surface area (Å²) in [6.45, 7) is 2.60. The number of halogens is 2. The van der Waals surface area contributed by atoms with Crippen molar-refractivity contribution in [2.45, 2.75) is 31.1 Å². The molecule has 2 aliphatic heterocycles. The number of nitrogens with one attached hydrogen (secondary N) is 1. The van der Waals surface area contributed by atoms with E-state index in [1.165, 1.54) is 23.4 Å². The zero-order valence-electron chi connectivity index (χ0n) is 17.5. The average molecular weight is 496 g/mol. The van der Waals surface area contributed by atoms with Crippen molar-refractivity contribution in [3.8, 4) is 0 Å². The Morgan fingerprint density at radius 1 is 1.03 bits per heavy atom. The third kappa shape index (κ3) is 4.37. The van der Waals surface area contributed by atoms with Crippen molar-refractivity contribution in [2.24, 2.45) is 5.92 Å². The predicted octanol–water partition coefficient (Wildman–Crippen LogP) is 3.94. The molecule has 170 valence electrons. The zero-order valence-corrected chi connectivity index (χ0v) is 19.8. The van der Waals surface area contributed by atoms with Crippen LogP contribution in [0.2, 0.25) is 10.0 Å². The van der Waals surface area contributed by atoms with Crippen molar-refractivity contribution >= 4 is 56.4 Å². The molecule has 0 bridgehead atoms. The van der Waals surface area contributed by atoms with Crippen molar-refractivity contribution in [2.75, 3.05) is 29.9 Å². The Morgan fingerprint density at radius 2 is 1.69 bits per heavy atom. The molecule has 1 saturated heterocycles. The van der Waals surface area contributed by atoms with E-state index in [0.717, 1.165) is 17.7 Å². The first-order chi connectivity index (χ1) is 15.2. The van der Waals surface area contributed by atoms with Crippen LogP contribution < -0.4 is 10.2 Å². The molecule has 0 atom stereocenters. The second-order valence-corrected chi connectivity index (χ2v) is 10.7. The lowest BCUT2D eigenvalue weighted by Gasteiger charge is -2.31. The van der Waals surface area contributed by atoms with E-state index in [2.05, 4.69) is 5.32 Å². The lowest BCUT2D eigenvalue weighted by Crippen LogP contribution is -2.41. The molecule has 1 fully saturated rings. The van der Waals surface area contributed by atoms with Gasteiger partial charge in [0.25, 0.3) is 0 Å². The van der Waals surface area contributed by atoms with Crippen LogP contribution in [-0.4, -0.2) is 44.2 Å². The molecule has 0 aliphatic carbocycles. The molecule has 2 aromatic carbocycles. The Bertz CT molecular complexity index is 1160. The lowest BCUT2D eigenvalue weighted by molar-refractivity contribution is -0.121. The van der Waals surface area contributed by atoms with Crippen LogP contribution in [0, 0.1) is 5.92 Å². The van der Waals surface area contributed by atoms with Gasteiger partial charge in [-0.15, -0.1) is 0 Å². The number of benzene rings is 2. The van der Waals surface area contributed by atoms with Crippen molar-refractivity contribution in [3.05, 3.63) is 52.0 Å². The number of rotatable bonds is 4. The van der Waals surface area contributed by atoms with E-state index >= 15 is 0 Å². The van der Waals surface area contributed by atoms with Crippen LogP contribution in [0.25, 0.3) is 0 Å². The lowest BCUT2D eigenvalue weighted by atomic mass is 9.97. The van der Waals surface area contributed by atoms with Gasteiger partial charge in [0, 0.05) is 43.9 Å². The first kappa shape index (κ1) is 23.0. The molecule has 0 aromatic heterocycles. The van der Waals surface area contributed by atoms with Gasteiger partial charge in [-0.2, -0.15) is 4.31 Å². The molecule has 2 aromatic rings. The third-order valence-electron chi connectivity index (χ3n) is 5.96. The van der Waals surface area contributed by atoms with Crippen molar-refractivity contribution in [1.29, 1.82) is 0 Å². The summed E-state index contributed by atoms with van der Waals surface area (Å²) in [4.78, 5) is 26.1. The summed E-state index contributed by atoms with van der Waals surface area (Å²) in [5.41, 5.74) is 2.58. The van der Waals surface area contributed by atoms with Gasteiger partial charge in [-0.1, -0.05) is 29.3 Å². The van der Waals surface area contributed by atoms with Crippen LogP contribution in [0.4, 0.5) is 11.4 Å². The SMILES string of the molecule is CC(=O)N1CCc2cc(NC(=O)C3CCN(S(=O)(=O)c4c(Cl)cccc4Cl)CC3)ccc21. The summed E-state index contributed by atoms with van der Waals surface area (Å²) in [5.74, 6) is -0.440. The van der Waals surface area contributed by atoms with Gasteiger partial charge in [-0.25, -0.2) is 8.42 Å². The Kier molecular flexibility index (Phi) is 6.49. The van der Waals surface area contributed by atoms with Gasteiger partial charge in [0.15, 0.2) is 0 Å². The number of hydrogen-bond donors (Lipinski definition) is 1. The summed E-state index contributed by atoms with van der Waals surface area (Å²) in [6.07, 6.45) is 1.55. The molecule has 10 heteroatoms. The number of sulfonamides is 1. The maximum Gasteiger partial charge on any atom is 0.246 e. The first-order valence-electron chi connectivity index (χ1n) is 10.3. The Hall–Kier alpha value is -2.13. The molecule has 0 radical (unpaired) electrons. The van der Waals surface area contributed by atoms with Gasteiger partial charge in [-0.3, -0.25) is 9.59 Å². The smallest absolute Gasteiger partial charge is 0.246 e. The number of nitrogens with zero attached hydrogens (tertiary/aromatic N) is 2. The van der Waals surface area contributed by atoms with Crippen molar-refractivity contribution < 1.29 is 18.0 Å². The standard InChI is InChI=1S/C22H23Cl2N3O4S/c1-14(28)27-12-9-16-13-17(5-6-20(16)27)25-22(29)15-7-10-26(11-8-15)32(30,31)21-18(23)3-2-4-19(21)24/h2-6,13,15H,7-12H2,1H3,(H,25,29). The largest absolute Gasteiger partial charge is 0.326 e. The van der Waals surface area contributed by atoms with E-state index in [4.69, 9.17) is 23.2 Å². The molecule has 7 nitrogen and oxygen atoms in total.